The molecule has 0 radical (unpaired) electrons. The average molecular weight is 316 g/mol. The highest BCUT2D eigenvalue weighted by Gasteiger charge is 2.20. The molecule has 1 aliphatic heterocycles. The second-order valence-corrected chi connectivity index (χ2v) is 4.28. The fourth-order valence-electron chi connectivity index (χ4n) is 1.88. The highest BCUT2D eigenvalue weighted by molar-refractivity contribution is 5.70. The summed E-state index contributed by atoms with van der Waals surface area (Å²) in [5.41, 5.74) is 0. The van der Waals surface area contributed by atoms with E-state index in [-0.39, 0.29) is 23.1 Å². The first kappa shape index (κ1) is 17.1. The van der Waals surface area contributed by atoms with Crippen LogP contribution in [0, 0.1) is 0 Å². The molecule has 12 heteroatoms. The first-order chi connectivity index (χ1) is 10.2. The molecule has 1 rings (SSSR count). The molecule has 0 aromatic carbocycles. The van der Waals surface area contributed by atoms with Gasteiger partial charge in [0.1, 0.15) is 12.2 Å². The van der Waals surface area contributed by atoms with Crippen molar-refractivity contribution in [2.45, 2.75) is 0 Å². The van der Waals surface area contributed by atoms with Gasteiger partial charge >= 0.3 is 0 Å². The number of rotatable bonds is 0. The normalized spacial score (nSPS) is 17.1. The maximum atomic E-state index is 11.0. The molecule has 0 spiro atoms. The predicted molar refractivity (Wildman–Crippen MR) is 58.1 cm³/mol. The molecule has 0 N–H and O–H groups in total. The molecule has 1 saturated heterocycles. The van der Waals surface area contributed by atoms with E-state index < -0.39 is 50.6 Å². The van der Waals surface area contributed by atoms with Gasteiger partial charge in [-0.1, -0.05) is 0 Å². The zero-order valence-corrected chi connectivity index (χ0v) is 11.3. The number of carbonyl (C=O) groups is 4. The van der Waals surface area contributed by atoms with Gasteiger partial charge < -0.3 is 49.4 Å². The van der Waals surface area contributed by atoms with Crippen LogP contribution in [0.3, 0.4) is 0 Å². The molecule has 0 bridgehead atoms. The van der Waals surface area contributed by atoms with E-state index in [2.05, 4.69) is 0 Å². The summed E-state index contributed by atoms with van der Waals surface area (Å²) in [6.07, 6.45) is -7.11. The van der Waals surface area contributed by atoms with Crippen LogP contribution >= 0.6 is 0 Å². The Balaban J connectivity index is 3.02. The van der Waals surface area contributed by atoms with Gasteiger partial charge in [-0.3, -0.25) is 10.0 Å². The van der Waals surface area contributed by atoms with Crippen molar-refractivity contribution in [2.24, 2.45) is 0 Å². The minimum absolute atomic E-state index is 0.226. The molecular formula is C10H12N4O8-4. The fourth-order valence-corrected chi connectivity index (χ4v) is 1.88. The maximum absolute atomic E-state index is 11.0. The van der Waals surface area contributed by atoms with Crippen molar-refractivity contribution in [1.29, 1.82) is 0 Å². The Hall–Kier alpha value is -2.92. The molecule has 0 saturated carbocycles. The number of carbonyl (C=O) groups excluding carboxylic acids is 4. The highest BCUT2D eigenvalue weighted by Crippen LogP contribution is 2.03. The van der Waals surface area contributed by atoms with Crippen molar-refractivity contribution in [3.63, 3.8) is 0 Å². The summed E-state index contributed by atoms with van der Waals surface area (Å²) < 4.78 is 0. The van der Waals surface area contributed by atoms with Crippen LogP contribution in [-0.4, -0.2) is 83.5 Å². The second-order valence-electron chi connectivity index (χ2n) is 4.28. The first-order valence-electron chi connectivity index (χ1n) is 6.12. The molecule has 0 aromatic rings. The van der Waals surface area contributed by atoms with Crippen LogP contribution in [0.15, 0.2) is 0 Å². The molecule has 1 fully saturated rings. The van der Waals surface area contributed by atoms with Crippen molar-refractivity contribution in [2.75, 3.05) is 39.3 Å². The van der Waals surface area contributed by atoms with E-state index in [1.807, 2.05) is 0 Å². The molecule has 0 atom stereocenters. The van der Waals surface area contributed by atoms with Gasteiger partial charge in [-0.2, -0.15) is 0 Å². The van der Waals surface area contributed by atoms with E-state index in [9.17, 15) is 39.6 Å². The lowest BCUT2D eigenvalue weighted by molar-refractivity contribution is -0.306. The number of amides is 4. The van der Waals surface area contributed by atoms with Crippen LogP contribution in [0.4, 0.5) is 19.2 Å². The molecule has 0 unspecified atom stereocenters. The molecule has 0 aliphatic carbocycles. The van der Waals surface area contributed by atoms with Gasteiger partial charge in [0, 0.05) is 26.2 Å². The number of carboxylic acid groups (broad SMARTS) is 4. The first-order valence-corrected chi connectivity index (χ1v) is 6.12. The monoisotopic (exact) mass is 316 g/mol. The smallest absolute Gasteiger partial charge is 0.156 e. The Kier molecular flexibility index (Phi) is 5.60. The predicted octanol–water partition coefficient (Wildman–Crippen LogP) is -5.50. The Morgan fingerprint density at radius 2 is 0.773 bits per heavy atom. The quantitative estimate of drug-likeness (QED) is 0.425. The van der Waals surface area contributed by atoms with E-state index in [1.54, 1.807) is 0 Å². The SMILES string of the molecule is O=C([O-])N1CCN(C(=O)[O-])CCN(C(=O)[O-])N(C(=O)[O-])CC1. The Morgan fingerprint density at radius 1 is 0.500 bits per heavy atom. The summed E-state index contributed by atoms with van der Waals surface area (Å²) in [4.78, 5) is 45.0. The number of hydrazine groups is 1. The third-order valence-corrected chi connectivity index (χ3v) is 3.03. The fraction of sp³-hybridized carbons (Fsp3) is 0.600. The molecule has 4 amide bonds. The number of hydrogen-bond acceptors (Lipinski definition) is 8. The van der Waals surface area contributed by atoms with E-state index in [4.69, 9.17) is 0 Å². The summed E-state index contributed by atoms with van der Waals surface area (Å²) in [6.45, 7) is -2.47. The third kappa shape index (κ3) is 4.29. The summed E-state index contributed by atoms with van der Waals surface area (Å²) in [6, 6.07) is 0. The topological polar surface area (TPSA) is 173 Å². The van der Waals surface area contributed by atoms with Crippen LogP contribution < -0.4 is 20.4 Å². The van der Waals surface area contributed by atoms with Gasteiger partial charge in [0.05, 0.1) is 13.1 Å². The summed E-state index contributed by atoms with van der Waals surface area (Å²) in [5.74, 6) is 0. The zero-order valence-electron chi connectivity index (χ0n) is 11.3. The maximum Gasteiger partial charge on any atom is 0.156 e. The van der Waals surface area contributed by atoms with Crippen LogP contribution in [0.1, 0.15) is 0 Å². The Morgan fingerprint density at radius 3 is 1.00 bits per heavy atom. The number of nitrogens with zero attached hydrogens (tertiary/aromatic N) is 4. The molecular weight excluding hydrogens is 304 g/mol. The largest absolute Gasteiger partial charge is 0.530 e. The van der Waals surface area contributed by atoms with Crippen molar-refractivity contribution in [1.82, 2.24) is 19.8 Å². The molecule has 1 aliphatic rings. The van der Waals surface area contributed by atoms with E-state index in [0.717, 1.165) is 0 Å². The van der Waals surface area contributed by atoms with Crippen LogP contribution in [0.25, 0.3) is 0 Å². The lowest BCUT2D eigenvalue weighted by Gasteiger charge is -2.42. The molecule has 0 aromatic heterocycles. The molecule has 1 heterocycles. The molecule has 124 valence electrons. The van der Waals surface area contributed by atoms with E-state index in [0.29, 0.717) is 9.80 Å². The summed E-state index contributed by atoms with van der Waals surface area (Å²) >= 11 is 0. The average Bonchev–Trinajstić information content (AvgIpc) is 2.41. The van der Waals surface area contributed by atoms with Crippen LogP contribution in [-0.2, 0) is 0 Å². The van der Waals surface area contributed by atoms with E-state index >= 15 is 0 Å². The van der Waals surface area contributed by atoms with Gasteiger partial charge in [0.2, 0.25) is 0 Å². The van der Waals surface area contributed by atoms with Crippen LogP contribution in [0.5, 0.6) is 0 Å². The third-order valence-electron chi connectivity index (χ3n) is 3.03. The number of hydrogen-bond donors (Lipinski definition) is 0. The molecule has 22 heavy (non-hydrogen) atoms. The lowest BCUT2D eigenvalue weighted by Crippen LogP contribution is -2.63. The molecule has 12 nitrogen and oxygen atoms in total. The summed E-state index contributed by atoms with van der Waals surface area (Å²) in [5, 5.41) is 44.2. The van der Waals surface area contributed by atoms with Gasteiger partial charge in [0.25, 0.3) is 0 Å². The van der Waals surface area contributed by atoms with Crippen molar-refractivity contribution < 1.29 is 39.6 Å². The second kappa shape index (κ2) is 7.19. The van der Waals surface area contributed by atoms with Gasteiger partial charge in [-0.25, -0.2) is 0 Å². The van der Waals surface area contributed by atoms with Crippen molar-refractivity contribution in [3.05, 3.63) is 0 Å². The van der Waals surface area contributed by atoms with Gasteiger partial charge in [-0.15, -0.1) is 0 Å². The standard InChI is InChI=1S/C10H16N4O8/c15-7(16)11-1-2-12(8(17)18)4-6-14(10(21)22)13(5-3-11)9(19)20/h1-6H2,(H,15,16)(H,17,18)(H,19,20)(H,21,22)/p-4. The summed E-state index contributed by atoms with van der Waals surface area (Å²) in [7, 11) is 0. The van der Waals surface area contributed by atoms with Gasteiger partial charge in [-0.05, 0) is 0 Å². The highest BCUT2D eigenvalue weighted by atomic mass is 16.4. The lowest BCUT2D eigenvalue weighted by atomic mass is 10.4. The van der Waals surface area contributed by atoms with Crippen LogP contribution in [0.2, 0.25) is 0 Å². The van der Waals surface area contributed by atoms with Crippen molar-refractivity contribution >= 4 is 24.4 Å². The minimum atomic E-state index is -1.90. The minimum Gasteiger partial charge on any atom is -0.530 e. The zero-order chi connectivity index (χ0) is 16.9. The Bertz CT molecular complexity index is 428. The Labute approximate surface area is 124 Å². The van der Waals surface area contributed by atoms with Crippen molar-refractivity contribution in [3.8, 4) is 0 Å². The van der Waals surface area contributed by atoms with E-state index in [1.165, 1.54) is 0 Å². The van der Waals surface area contributed by atoms with Gasteiger partial charge in [0.15, 0.2) is 12.2 Å².